The minimum Gasteiger partial charge on any atom is -0.870 e. The molecule has 0 aliphatic heterocycles. The van der Waals surface area contributed by atoms with E-state index in [1.807, 2.05) is 0 Å². The van der Waals surface area contributed by atoms with E-state index >= 15 is 0 Å². The van der Waals surface area contributed by atoms with Crippen LogP contribution in [0.25, 0.3) is 10.8 Å². The molecule has 21 heteroatoms. The number of carboxylic acid groups (broad SMARTS) is 1. The summed E-state index contributed by atoms with van der Waals surface area (Å²) < 4.78 is 44.5. The molecule has 57 heavy (non-hydrogen) atoms. The molecule has 0 unspecified atom stereocenters. The average molecular weight is 845 g/mol. The van der Waals surface area contributed by atoms with Crippen LogP contribution in [0, 0.1) is 17.0 Å². The second kappa shape index (κ2) is 19.9. The Morgan fingerprint density at radius 3 is 2.16 bits per heavy atom. The van der Waals surface area contributed by atoms with Crippen molar-refractivity contribution in [3.05, 3.63) is 123 Å². The molecule has 0 aliphatic rings. The second-order valence-corrected chi connectivity index (χ2v) is 13.1. The molecule has 18 nitrogen and oxygen atoms in total. The van der Waals surface area contributed by atoms with Gasteiger partial charge in [-0.3, -0.25) is 14.9 Å². The molecule has 0 saturated heterocycles. The molecule has 1 amide bonds. The number of nitro benzene ring substituents is 1. The van der Waals surface area contributed by atoms with Crippen LogP contribution in [0.2, 0.25) is 5.02 Å². The number of rotatable bonds is 11. The summed E-state index contributed by atoms with van der Waals surface area (Å²) in [7, 11) is -2.08. The summed E-state index contributed by atoms with van der Waals surface area (Å²) in [5.41, 5.74) is -0.612. The molecule has 5 aromatic rings. The molecule has 0 fully saturated rings. The van der Waals surface area contributed by atoms with Gasteiger partial charge < -0.3 is 34.7 Å². The summed E-state index contributed by atoms with van der Waals surface area (Å²) in [6.07, 6.45) is 0. The minimum atomic E-state index is -4.81. The number of amides is 1. The van der Waals surface area contributed by atoms with Crippen LogP contribution in [0.1, 0.15) is 22.8 Å². The van der Waals surface area contributed by atoms with Crippen LogP contribution in [0.3, 0.4) is 0 Å². The van der Waals surface area contributed by atoms with Crippen LogP contribution in [-0.2, 0) is 14.9 Å². The van der Waals surface area contributed by atoms with Crippen molar-refractivity contribution in [2.45, 2.75) is 18.7 Å². The Kier molecular flexibility index (Phi) is 16.0. The van der Waals surface area contributed by atoms with Gasteiger partial charge in [-0.2, -0.15) is 5.11 Å². The number of methoxy groups -OCH3 is 2. The van der Waals surface area contributed by atoms with E-state index < -0.39 is 48.9 Å². The Morgan fingerprint density at radius 2 is 1.54 bits per heavy atom. The molecular formula is C36H29CaClN6O12S. The first-order valence-electron chi connectivity index (χ1n) is 15.7. The Hall–Kier alpha value is -5.70. The summed E-state index contributed by atoms with van der Waals surface area (Å²) in [5, 5.41) is 61.3. The largest absolute Gasteiger partial charge is 2.00 e. The number of non-ortho nitro benzene ring substituents is 1. The van der Waals surface area contributed by atoms with Crippen LogP contribution in [0.4, 0.5) is 28.4 Å². The summed E-state index contributed by atoms with van der Waals surface area (Å²) in [6.45, 7) is 2.87. The minimum absolute atomic E-state index is 0. The van der Waals surface area contributed by atoms with Gasteiger partial charge in [0.05, 0.1) is 47.0 Å². The topological polar surface area (TPSA) is 278 Å². The van der Waals surface area contributed by atoms with Crippen molar-refractivity contribution in [3.63, 3.8) is 0 Å². The van der Waals surface area contributed by atoms with Crippen LogP contribution >= 0.6 is 11.6 Å². The summed E-state index contributed by atoms with van der Waals surface area (Å²) in [6, 6.07) is 20.0. The monoisotopic (exact) mass is 844 g/mol. The fourth-order valence-corrected chi connectivity index (χ4v) is 5.65. The van der Waals surface area contributed by atoms with Gasteiger partial charge in [0.25, 0.3) is 11.6 Å². The zero-order valence-electron chi connectivity index (χ0n) is 30.3. The van der Waals surface area contributed by atoms with Crippen molar-refractivity contribution in [1.29, 1.82) is 0 Å². The number of aliphatic hydroxyl groups excluding tert-OH is 1. The van der Waals surface area contributed by atoms with Crippen LogP contribution in [0.15, 0.2) is 122 Å². The van der Waals surface area contributed by atoms with Crippen LogP contribution < -0.4 is 19.9 Å². The summed E-state index contributed by atoms with van der Waals surface area (Å²) in [4.78, 5) is 33.6. The number of carbonyl (C=O) groups is 2. The predicted molar refractivity (Wildman–Crippen MR) is 206 cm³/mol. The first kappa shape index (κ1) is 45.7. The molecule has 0 spiro atoms. The number of aromatic carboxylic acids is 1. The van der Waals surface area contributed by atoms with E-state index in [4.69, 9.17) is 21.1 Å². The number of azo groups is 2. The van der Waals surface area contributed by atoms with Crippen molar-refractivity contribution in [2.75, 3.05) is 19.5 Å². The van der Waals surface area contributed by atoms with Gasteiger partial charge in [-0.25, -0.2) is 13.2 Å². The van der Waals surface area contributed by atoms with Gasteiger partial charge in [0.1, 0.15) is 33.0 Å². The number of fused-ring (bicyclic) bond motifs is 1. The summed E-state index contributed by atoms with van der Waals surface area (Å²) >= 11 is 5.94. The Bertz CT molecular complexity index is 2560. The smallest absolute Gasteiger partial charge is 0.870 e. The molecule has 5 rings (SSSR count). The number of nitrogens with one attached hydrogen (secondary N) is 1. The number of carboxylic acids is 1. The number of nitrogens with zero attached hydrogens (tertiary/aromatic N) is 5. The number of aliphatic hydroxyl groups is 1. The number of halogens is 1. The number of hydrogen-bond acceptors (Lipinski definition) is 15. The van der Waals surface area contributed by atoms with Crippen molar-refractivity contribution in [3.8, 4) is 17.2 Å². The number of ether oxygens (including phenoxy) is 2. The van der Waals surface area contributed by atoms with Gasteiger partial charge in [0.2, 0.25) is 0 Å². The predicted octanol–water partition coefficient (Wildman–Crippen LogP) is 7.64. The van der Waals surface area contributed by atoms with E-state index in [1.165, 1.54) is 63.6 Å². The van der Waals surface area contributed by atoms with Crippen molar-refractivity contribution >= 4 is 111 Å². The van der Waals surface area contributed by atoms with Crippen LogP contribution in [0.5, 0.6) is 17.2 Å². The fraction of sp³-hybridized carbons (Fsp3) is 0.111. The van der Waals surface area contributed by atoms with Gasteiger partial charge in [0, 0.05) is 16.5 Å². The van der Waals surface area contributed by atoms with E-state index in [0.717, 1.165) is 6.07 Å². The first-order chi connectivity index (χ1) is 26.4. The molecule has 0 atom stereocenters. The molecule has 0 radical (unpaired) electrons. The molecule has 0 saturated carbocycles. The van der Waals surface area contributed by atoms with E-state index in [2.05, 4.69) is 25.8 Å². The quantitative estimate of drug-likeness (QED) is 0.0220. The van der Waals surface area contributed by atoms with Gasteiger partial charge in [0.15, 0.2) is 11.4 Å². The third kappa shape index (κ3) is 11.7. The zero-order chi connectivity index (χ0) is 41.3. The van der Waals surface area contributed by atoms with Crippen molar-refractivity contribution < 1.29 is 52.3 Å². The Morgan fingerprint density at radius 1 is 0.877 bits per heavy atom. The number of nitro groups is 1. The Balaban J connectivity index is 0.000000301. The number of anilines is 1. The van der Waals surface area contributed by atoms with Gasteiger partial charge in [-0.15, -0.1) is 15.3 Å². The number of allylic oxidation sites excluding steroid dienone is 1. The van der Waals surface area contributed by atoms with E-state index in [9.17, 15) is 48.0 Å². The maximum absolute atomic E-state index is 12.6. The zero-order valence-corrected chi connectivity index (χ0v) is 34.1. The normalized spacial score (nSPS) is 11.6. The van der Waals surface area contributed by atoms with Gasteiger partial charge in [-0.1, -0.05) is 47.7 Å². The van der Waals surface area contributed by atoms with E-state index in [-0.39, 0.29) is 77.6 Å². The summed E-state index contributed by atoms with van der Waals surface area (Å²) in [5.74, 6) is -3.01. The second-order valence-electron chi connectivity index (χ2n) is 11.3. The fourth-order valence-electron chi connectivity index (χ4n) is 4.78. The Labute approximate surface area is 359 Å². The van der Waals surface area contributed by atoms with Crippen molar-refractivity contribution in [2.24, 2.45) is 20.5 Å². The average Bonchev–Trinajstić information content (AvgIpc) is 3.14. The number of hydrogen-bond donors (Lipinski definition) is 3. The molecule has 3 N–H and O–H groups in total. The third-order valence-corrected chi connectivity index (χ3v) is 8.55. The molecule has 0 bridgehead atoms. The molecule has 0 heterocycles. The van der Waals surface area contributed by atoms with Crippen molar-refractivity contribution in [1.82, 2.24) is 0 Å². The molecule has 0 aliphatic carbocycles. The maximum atomic E-state index is 12.6. The number of benzene rings is 5. The van der Waals surface area contributed by atoms with Gasteiger partial charge >= 0.3 is 43.7 Å². The molecular weight excluding hydrogens is 816 g/mol. The molecule has 290 valence electrons. The maximum Gasteiger partial charge on any atom is 2.00 e. The van der Waals surface area contributed by atoms with E-state index in [0.29, 0.717) is 27.1 Å². The number of carbonyl (C=O) groups excluding carboxylic acids is 1. The van der Waals surface area contributed by atoms with Gasteiger partial charge in [-0.05, 0) is 67.3 Å². The van der Waals surface area contributed by atoms with E-state index in [1.54, 1.807) is 43.3 Å². The first-order valence-corrected chi connectivity index (χ1v) is 17.5. The standard InChI is InChI=1S/C18H17ClN4O6.C18H14N2O6S.Ca/c1-10(24)17(18(25)20-14-8-11(19)4-7-15(14)28-2)22-21-13-6-5-12(23(26)27)9-16(13)29-3;1-10-6-7-14(15(8-10)27(24,25)26)19-20-16-12-5-3-2-4-11(12)9-13(17(16)21)18(22)23;/h4-9,24H,1-3H3,(H,20,25);2-9,21H,1H3,(H,22,23)(H,24,25,26);/q;;+2/p-2. The third-order valence-electron chi connectivity index (χ3n) is 7.45. The van der Waals surface area contributed by atoms with Crippen LogP contribution in [-0.4, -0.2) is 91.9 Å². The SMILES string of the molecule is COc1cc([N+](=O)[O-])ccc1N=NC(C(=O)Nc1cc(Cl)ccc1OC)=C(C)O.Cc1ccc(N=Nc2c([O-])c(C(=O)O)cc3ccccc23)c(S(=O)(=O)[O-])c1.[Ca+2]. The molecule has 0 aromatic heterocycles. The number of aryl methyl sites for hydroxylation is 1. The molecule has 5 aromatic carbocycles.